The van der Waals surface area contributed by atoms with Gasteiger partial charge in [0.15, 0.2) is 0 Å². The van der Waals surface area contributed by atoms with E-state index < -0.39 is 16.9 Å². The summed E-state index contributed by atoms with van der Waals surface area (Å²) in [6.07, 6.45) is 3.70. The fraction of sp³-hybridized carbons (Fsp3) is 0.516. The summed E-state index contributed by atoms with van der Waals surface area (Å²) in [6, 6.07) is 17.2. The minimum Gasteiger partial charge on any atom is -0.484 e. The van der Waals surface area contributed by atoms with Crippen molar-refractivity contribution in [1.82, 2.24) is 0 Å². The normalized spacial score (nSPS) is 35.5. The molecule has 5 aliphatic rings. The summed E-state index contributed by atoms with van der Waals surface area (Å²) in [5.41, 5.74) is 12.8. The Kier molecular flexibility index (Phi) is 6.39. The third-order valence-electron chi connectivity index (χ3n) is 8.70. The lowest BCUT2D eigenvalue weighted by atomic mass is 9.55. The maximum atomic E-state index is 10.9. The van der Waals surface area contributed by atoms with Crippen molar-refractivity contribution in [1.29, 1.82) is 5.26 Å². The largest absolute Gasteiger partial charge is 0.484 e. The molecule has 0 saturated carbocycles. The molecule has 0 radical (unpaired) electrons. The molecule has 5 unspecified atom stereocenters. The zero-order chi connectivity index (χ0) is 27.3. The zero-order valence-corrected chi connectivity index (χ0v) is 22.4. The van der Waals surface area contributed by atoms with Crippen molar-refractivity contribution in [2.24, 2.45) is 10.8 Å². The van der Waals surface area contributed by atoms with Crippen LogP contribution < -0.4 is 20.9 Å². The van der Waals surface area contributed by atoms with Gasteiger partial charge in [-0.3, -0.25) is 0 Å². The van der Waals surface area contributed by atoms with Gasteiger partial charge >= 0.3 is 0 Å². The fourth-order valence-corrected chi connectivity index (χ4v) is 6.73. The average molecular weight is 546 g/mol. The summed E-state index contributed by atoms with van der Waals surface area (Å²) in [7, 11) is 0. The van der Waals surface area contributed by atoms with Crippen LogP contribution in [0.25, 0.3) is 0 Å². The summed E-state index contributed by atoms with van der Waals surface area (Å²) < 4.78 is 36.7. The molecule has 9 nitrogen and oxygen atoms in total. The Morgan fingerprint density at radius 2 is 1.18 bits per heavy atom. The number of epoxide rings is 4. The number of anilines is 2. The summed E-state index contributed by atoms with van der Waals surface area (Å²) in [4.78, 5) is 0. The van der Waals surface area contributed by atoms with E-state index >= 15 is 0 Å². The van der Waals surface area contributed by atoms with Gasteiger partial charge in [0.25, 0.3) is 0 Å². The molecule has 4 N–H and O–H groups in total. The Morgan fingerprint density at radius 1 is 0.725 bits per heavy atom. The molecular weight excluding hydrogens is 510 g/mol. The van der Waals surface area contributed by atoms with Crippen molar-refractivity contribution in [2.75, 3.05) is 37.9 Å². The van der Waals surface area contributed by atoms with E-state index in [0.29, 0.717) is 60.6 Å². The number of hydrogen-bond donors (Lipinski definition) is 2. The van der Waals surface area contributed by atoms with E-state index in [1.54, 1.807) is 0 Å². The Morgan fingerprint density at radius 3 is 1.62 bits per heavy atom. The van der Waals surface area contributed by atoms with Crippen LogP contribution in [0.3, 0.4) is 0 Å². The first-order valence-corrected chi connectivity index (χ1v) is 14.1. The second kappa shape index (κ2) is 9.96. The van der Waals surface area contributed by atoms with Crippen LogP contribution in [0.2, 0.25) is 0 Å². The second-order valence-electron chi connectivity index (χ2n) is 12.0. The lowest BCUT2D eigenvalue weighted by Crippen LogP contribution is -2.53. The molecule has 2 aromatic rings. The van der Waals surface area contributed by atoms with Crippen LogP contribution in [-0.2, 0) is 18.9 Å². The Labute approximate surface area is 233 Å². The zero-order valence-electron chi connectivity index (χ0n) is 22.4. The maximum Gasteiger partial charge on any atom is 0.143 e. The van der Waals surface area contributed by atoms with Crippen molar-refractivity contribution < 1.29 is 28.4 Å². The van der Waals surface area contributed by atoms with Gasteiger partial charge in [-0.25, -0.2) is 0 Å². The van der Waals surface area contributed by atoms with Gasteiger partial charge < -0.3 is 39.9 Å². The molecule has 4 aliphatic heterocycles. The van der Waals surface area contributed by atoms with Crippen molar-refractivity contribution in [3.63, 3.8) is 0 Å². The number of nitrogens with zero attached hydrogens (tertiary/aromatic N) is 1. The van der Waals surface area contributed by atoms with E-state index in [0.717, 1.165) is 32.1 Å². The molecule has 5 atom stereocenters. The Balaban J connectivity index is 1.39. The molecule has 2 aromatic carbocycles. The van der Waals surface area contributed by atoms with Crippen molar-refractivity contribution in [2.45, 2.75) is 62.6 Å². The number of rotatable bonds is 12. The minimum atomic E-state index is -0.563. The number of nitriles is 1. The first kappa shape index (κ1) is 25.7. The van der Waals surface area contributed by atoms with E-state index in [9.17, 15) is 5.26 Å². The van der Waals surface area contributed by atoms with Crippen LogP contribution in [0.4, 0.5) is 11.4 Å². The quantitative estimate of drug-likeness (QED) is 0.299. The average Bonchev–Trinajstić information content (AvgIpc) is 3.71. The predicted molar refractivity (Wildman–Crippen MR) is 146 cm³/mol. The molecule has 1 aliphatic carbocycles. The van der Waals surface area contributed by atoms with E-state index in [-0.39, 0.29) is 24.4 Å². The molecular formula is C31H35N3O6. The van der Waals surface area contributed by atoms with Gasteiger partial charge in [-0.15, -0.1) is 0 Å². The molecule has 0 amide bonds. The highest BCUT2D eigenvalue weighted by atomic mass is 16.6. The van der Waals surface area contributed by atoms with Gasteiger partial charge in [0, 0.05) is 22.2 Å². The Hall–Kier alpha value is -3.29. The van der Waals surface area contributed by atoms with Crippen LogP contribution >= 0.6 is 0 Å². The monoisotopic (exact) mass is 545 g/mol. The van der Waals surface area contributed by atoms with Gasteiger partial charge in [0.2, 0.25) is 0 Å². The molecule has 9 heteroatoms. The Bertz CT molecular complexity index is 1280. The summed E-state index contributed by atoms with van der Waals surface area (Å²) in [6.45, 7) is 2.85. The lowest BCUT2D eigenvalue weighted by Gasteiger charge is -2.52. The minimum absolute atomic E-state index is 0.116. The maximum absolute atomic E-state index is 10.9. The highest BCUT2D eigenvalue weighted by Crippen LogP contribution is 2.61. The van der Waals surface area contributed by atoms with Gasteiger partial charge in [-0.1, -0.05) is 0 Å². The topological polar surface area (TPSA) is 144 Å². The molecule has 4 fully saturated rings. The predicted octanol–water partition coefficient (Wildman–Crippen LogP) is 3.99. The molecule has 4 saturated heterocycles. The molecule has 4 heterocycles. The standard InChI is InChI=1S/C31H35N3O6/c32-13-27-28(39-21-5-1-19(33)2-6-21)30(9-23-14-35-23,10-24-15-36-24)18-31(11-25-16-37-25,12-26-17-38-26)29(27)40-22-7-3-20(34)4-8-22/h1-8,23-26,28H,9-12,14-18,33-34H2. The second-order valence-corrected chi connectivity index (χ2v) is 12.0. The summed E-state index contributed by atoms with van der Waals surface area (Å²) in [5, 5.41) is 10.9. The summed E-state index contributed by atoms with van der Waals surface area (Å²) in [5.74, 6) is 1.93. The first-order chi connectivity index (χ1) is 19.4. The highest BCUT2D eigenvalue weighted by molar-refractivity contribution is 5.47. The smallest absolute Gasteiger partial charge is 0.143 e. The van der Waals surface area contributed by atoms with Crippen molar-refractivity contribution >= 4 is 11.4 Å². The lowest BCUT2D eigenvalue weighted by molar-refractivity contribution is -0.0322. The third kappa shape index (κ3) is 5.50. The van der Waals surface area contributed by atoms with Gasteiger partial charge in [-0.05, 0) is 80.6 Å². The van der Waals surface area contributed by atoms with E-state index in [4.69, 9.17) is 39.9 Å². The number of hydrogen-bond acceptors (Lipinski definition) is 9. The molecule has 210 valence electrons. The number of nitrogen functional groups attached to an aromatic ring is 2. The first-order valence-electron chi connectivity index (χ1n) is 14.1. The number of benzene rings is 2. The highest BCUT2D eigenvalue weighted by Gasteiger charge is 2.61. The van der Waals surface area contributed by atoms with E-state index in [2.05, 4.69) is 6.07 Å². The van der Waals surface area contributed by atoms with Crippen LogP contribution in [0, 0.1) is 22.2 Å². The number of ether oxygens (including phenoxy) is 6. The van der Waals surface area contributed by atoms with Gasteiger partial charge in [0.05, 0.1) is 50.8 Å². The molecule has 40 heavy (non-hydrogen) atoms. The van der Waals surface area contributed by atoms with Crippen LogP contribution in [0.1, 0.15) is 32.1 Å². The van der Waals surface area contributed by atoms with Gasteiger partial charge in [0.1, 0.15) is 35.0 Å². The van der Waals surface area contributed by atoms with Gasteiger partial charge in [-0.2, -0.15) is 5.26 Å². The van der Waals surface area contributed by atoms with Crippen LogP contribution in [-0.4, -0.2) is 56.9 Å². The van der Waals surface area contributed by atoms with Crippen LogP contribution in [0.5, 0.6) is 11.5 Å². The van der Waals surface area contributed by atoms with E-state index in [1.165, 1.54) is 0 Å². The van der Waals surface area contributed by atoms with Crippen molar-refractivity contribution in [3.05, 3.63) is 59.9 Å². The molecule has 0 bridgehead atoms. The summed E-state index contributed by atoms with van der Waals surface area (Å²) >= 11 is 0. The fourth-order valence-electron chi connectivity index (χ4n) is 6.73. The van der Waals surface area contributed by atoms with Crippen molar-refractivity contribution in [3.8, 4) is 17.6 Å². The SMILES string of the molecule is N#CC1=C(Oc2ccc(N)cc2)C(CC2CO2)(CC2CO2)CC(CC2CO2)(CC2CO2)C1Oc1ccc(N)cc1. The number of nitrogens with two attached hydrogens (primary N) is 2. The molecule has 0 spiro atoms. The molecule has 0 aromatic heterocycles. The number of allylic oxidation sites excluding steroid dienone is 1. The van der Waals surface area contributed by atoms with Crippen LogP contribution in [0.15, 0.2) is 59.9 Å². The molecule has 7 rings (SSSR count). The van der Waals surface area contributed by atoms with E-state index in [1.807, 2.05) is 48.5 Å². The third-order valence-corrected chi connectivity index (χ3v) is 8.70.